The number of nitrogens with zero attached hydrogens (tertiary/aromatic N) is 4. The zero-order valence-corrected chi connectivity index (χ0v) is 45.5. The van der Waals surface area contributed by atoms with E-state index in [1.165, 1.54) is 25.0 Å². The quantitative estimate of drug-likeness (QED) is 0.175. The van der Waals surface area contributed by atoms with Crippen molar-refractivity contribution in [2.75, 3.05) is 80.8 Å². The van der Waals surface area contributed by atoms with Gasteiger partial charge in [0.15, 0.2) is 0 Å². The molecule has 0 aromatic rings. The monoisotopic (exact) mass is 1020 g/mol. The fourth-order valence-electron chi connectivity index (χ4n) is 5.92. The number of carboxylic acid groups (broad SMARTS) is 1. The molecule has 18 nitrogen and oxygen atoms in total. The molecule has 0 bridgehead atoms. The average Bonchev–Trinajstić information content (AvgIpc) is 3.77. The molecule has 4 heterocycles. The number of amides is 4. The molecular weight excluding hydrogens is 934 g/mol. The first-order chi connectivity index (χ1) is 27.7. The second-order valence-corrected chi connectivity index (χ2v) is 17.9. The van der Waals surface area contributed by atoms with Crippen molar-refractivity contribution in [3.63, 3.8) is 0 Å². The van der Waals surface area contributed by atoms with E-state index >= 15 is 0 Å². The number of hydroxylamine groups is 3. The molecule has 4 aliphatic heterocycles. The summed E-state index contributed by atoms with van der Waals surface area (Å²) in [7, 11) is 6.34. The molecule has 21 heteroatoms. The zero-order valence-electron chi connectivity index (χ0n) is 41.7. The van der Waals surface area contributed by atoms with Gasteiger partial charge in [0.05, 0.1) is 20.1 Å². The Bertz CT molecular complexity index is 1240. The number of ether oxygens (including phenoxy) is 4. The van der Waals surface area contributed by atoms with Crippen molar-refractivity contribution < 1.29 is 79.5 Å². The van der Waals surface area contributed by atoms with Crippen molar-refractivity contribution in [1.82, 2.24) is 25.2 Å². The van der Waals surface area contributed by atoms with Gasteiger partial charge in [0.25, 0.3) is 0 Å². The number of carbonyl (C=O) groups is 6. The number of likely N-dealkylation sites (tertiary alicyclic amines) is 3. The van der Waals surface area contributed by atoms with E-state index in [-0.39, 0.29) is 108 Å². The van der Waals surface area contributed by atoms with Crippen LogP contribution in [0.2, 0.25) is 0 Å². The van der Waals surface area contributed by atoms with E-state index < -0.39 is 22.8 Å². The van der Waals surface area contributed by atoms with Gasteiger partial charge in [0.2, 0.25) is 5.91 Å². The van der Waals surface area contributed by atoms with Crippen LogP contribution in [0, 0.1) is 25.2 Å². The van der Waals surface area contributed by atoms with Crippen molar-refractivity contribution >= 4 is 71.4 Å². The summed E-state index contributed by atoms with van der Waals surface area (Å²) in [4.78, 5) is 83.1. The molecule has 4 fully saturated rings. The first-order valence-corrected chi connectivity index (χ1v) is 21.0. The number of ketones is 1. The van der Waals surface area contributed by atoms with E-state index in [1.54, 1.807) is 42.8 Å². The van der Waals surface area contributed by atoms with Crippen molar-refractivity contribution in [2.24, 2.45) is 17.8 Å². The Kier molecular flexibility index (Phi) is 39.7. The summed E-state index contributed by atoms with van der Waals surface area (Å²) in [5.41, 5.74) is 0.995. The fourth-order valence-corrected chi connectivity index (χ4v) is 5.92. The third-order valence-electron chi connectivity index (χ3n) is 9.33. The third kappa shape index (κ3) is 33.3. The molecular formula is C43H83BrClMgN5O13. The number of halogens is 2. The van der Waals surface area contributed by atoms with Crippen LogP contribution in [0.1, 0.15) is 121 Å². The molecule has 0 unspecified atom stereocenters. The minimum atomic E-state index is -0.774. The minimum Gasteiger partial charge on any atom is -1.00 e. The van der Waals surface area contributed by atoms with Crippen molar-refractivity contribution in [3.05, 3.63) is 7.43 Å². The van der Waals surface area contributed by atoms with E-state index in [2.05, 4.69) is 10.3 Å². The normalized spacial score (nSPS) is 16.6. The molecule has 374 valence electrons. The van der Waals surface area contributed by atoms with Gasteiger partial charge >= 0.3 is 47.3 Å². The standard InChI is InChI=1S/C13H24N2O4.C12H21NO3.C11H19NO4.C4H8O.C2H7NO.CH3.BrH.ClH.Mg/c1-13(2,3)19-12(17)15-8-6-10(7-9-15)11(16)14(4)18-5;1-9(14)10-5-7-13(8-6-10)11(15)16-12(2,3)4;1-11(2,3)16-10(15)12-6-4-8(5-7-12)9(13)14;1-2-4-5-3-1;1-3-4-2;;;;/h10H,6-9H2,1-5H3;10H,5-8H2,1-4H3;8H,4-7H2,1-3H3,(H,13,14);1-4H2;3H,1-2H3;1H3;2*1H;/q;;;;;-1;;;+2/p-1. The molecule has 0 aromatic carbocycles. The zero-order chi connectivity index (χ0) is 46.3. The molecule has 2 N–H and O–H groups in total. The van der Waals surface area contributed by atoms with Gasteiger partial charge < -0.3 is 68.0 Å². The summed E-state index contributed by atoms with van der Waals surface area (Å²) in [6.45, 7) is 23.4. The number of hydrogen-bond donors (Lipinski definition) is 2. The molecule has 4 aliphatic rings. The Morgan fingerprint density at radius 2 is 0.906 bits per heavy atom. The predicted octanol–water partition coefficient (Wildman–Crippen LogP) is 3.65. The van der Waals surface area contributed by atoms with Crippen LogP contribution in [-0.2, 0) is 43.0 Å². The summed E-state index contributed by atoms with van der Waals surface area (Å²) >= 11 is 0. The van der Waals surface area contributed by atoms with Crippen LogP contribution in [0.25, 0.3) is 0 Å². The van der Waals surface area contributed by atoms with Gasteiger partial charge in [0.1, 0.15) is 22.6 Å². The smallest absolute Gasteiger partial charge is 1.00 e. The number of piperidine rings is 3. The molecule has 0 aliphatic carbocycles. The van der Waals surface area contributed by atoms with Crippen LogP contribution >= 0.6 is 12.4 Å². The Hall–Kier alpha value is -2.20. The van der Waals surface area contributed by atoms with Crippen LogP contribution in [0.15, 0.2) is 0 Å². The summed E-state index contributed by atoms with van der Waals surface area (Å²) in [5.74, 6) is -0.861. The molecule has 4 saturated heterocycles. The van der Waals surface area contributed by atoms with Gasteiger partial charge in [-0.3, -0.25) is 19.2 Å². The SMILES string of the molecule is C1CCOC1.CC(=O)C1CCN(C(=O)OC(C)(C)C)CC1.CC(C)(C)OC(=O)N1CCC(C(=O)O)CC1.CNOC.CON(C)C(=O)C1CCN(C(=O)OC(C)(C)C)CC1.Cl.[Br-].[CH3-].[Mg+2]. The molecule has 0 atom stereocenters. The van der Waals surface area contributed by atoms with Crippen molar-refractivity contribution in [2.45, 2.75) is 137 Å². The van der Waals surface area contributed by atoms with Crippen molar-refractivity contribution in [1.29, 1.82) is 0 Å². The third-order valence-corrected chi connectivity index (χ3v) is 9.33. The molecule has 64 heavy (non-hydrogen) atoms. The van der Waals surface area contributed by atoms with E-state index in [4.69, 9.17) is 28.9 Å². The largest absolute Gasteiger partial charge is 2.00 e. The Morgan fingerprint density at radius 1 is 0.625 bits per heavy atom. The van der Waals surface area contributed by atoms with E-state index in [9.17, 15) is 28.8 Å². The van der Waals surface area contributed by atoms with Crippen LogP contribution in [0.4, 0.5) is 14.4 Å². The number of carboxylic acids is 1. The topological polar surface area (TPSA) is 203 Å². The first kappa shape index (κ1) is 70.8. The molecule has 0 saturated carbocycles. The number of aliphatic carboxylic acids is 1. The minimum absolute atomic E-state index is 0. The summed E-state index contributed by atoms with van der Waals surface area (Å²) in [5, 5.41) is 10.1. The molecule has 0 aromatic heterocycles. The first-order valence-electron chi connectivity index (χ1n) is 21.0. The molecule has 0 radical (unpaired) electrons. The van der Waals surface area contributed by atoms with Crippen LogP contribution in [0.3, 0.4) is 0 Å². The maximum Gasteiger partial charge on any atom is 2.00 e. The van der Waals surface area contributed by atoms with Crippen LogP contribution in [0.5, 0.6) is 0 Å². The second kappa shape index (κ2) is 35.9. The number of rotatable bonds is 5. The summed E-state index contributed by atoms with van der Waals surface area (Å²) in [6, 6.07) is 0. The van der Waals surface area contributed by atoms with Crippen LogP contribution < -0.4 is 22.5 Å². The Morgan fingerprint density at radius 3 is 1.11 bits per heavy atom. The number of carbonyl (C=O) groups excluding carboxylic acids is 5. The molecule has 4 rings (SSSR count). The second-order valence-electron chi connectivity index (χ2n) is 17.9. The van der Waals surface area contributed by atoms with E-state index in [1.807, 2.05) is 62.3 Å². The number of Topliss-reactive ketones (excluding diaryl/α,β-unsaturated/α-hetero) is 1. The van der Waals surface area contributed by atoms with Gasteiger partial charge in [-0.2, -0.15) is 0 Å². The van der Waals surface area contributed by atoms with Gasteiger partial charge in [-0.1, -0.05) is 0 Å². The predicted molar refractivity (Wildman–Crippen MR) is 245 cm³/mol. The average molecular weight is 1020 g/mol. The maximum atomic E-state index is 11.9. The van der Waals surface area contributed by atoms with Crippen molar-refractivity contribution in [3.8, 4) is 0 Å². The van der Waals surface area contributed by atoms with Crippen LogP contribution in [-0.4, -0.2) is 181 Å². The Labute approximate surface area is 417 Å². The Balaban J connectivity index is -0.000000241. The van der Waals surface area contributed by atoms with Gasteiger partial charge in [-0.05, 0) is 121 Å². The van der Waals surface area contributed by atoms with E-state index in [0.717, 1.165) is 26.1 Å². The molecule has 0 spiro atoms. The number of hydrogen-bond acceptors (Lipinski definition) is 13. The summed E-state index contributed by atoms with van der Waals surface area (Å²) < 4.78 is 20.7. The van der Waals surface area contributed by atoms with Gasteiger partial charge in [-0.25, -0.2) is 24.9 Å². The molecule has 4 amide bonds. The van der Waals surface area contributed by atoms with E-state index in [0.29, 0.717) is 65.0 Å². The fraction of sp³-hybridized carbons (Fsp3) is 0.837. The van der Waals surface area contributed by atoms with Gasteiger partial charge in [0, 0.05) is 78.4 Å². The van der Waals surface area contributed by atoms with Gasteiger partial charge in [-0.15, -0.1) is 12.4 Å². The summed E-state index contributed by atoms with van der Waals surface area (Å²) in [6.07, 6.45) is 5.45. The number of nitrogens with one attached hydrogen (secondary N) is 1. The maximum absolute atomic E-state index is 11.9.